The summed E-state index contributed by atoms with van der Waals surface area (Å²) in [6, 6.07) is 2.45. The van der Waals surface area contributed by atoms with Gasteiger partial charge in [0.25, 0.3) is 0 Å². The van der Waals surface area contributed by atoms with Crippen molar-refractivity contribution in [1.82, 2.24) is 0 Å². The van der Waals surface area contributed by atoms with Gasteiger partial charge in [-0.05, 0) is 12.1 Å². The average molecular weight is 205 g/mol. The second-order valence-corrected chi connectivity index (χ2v) is 3.28. The van der Waals surface area contributed by atoms with E-state index in [1.165, 1.54) is 6.07 Å². The van der Waals surface area contributed by atoms with Crippen molar-refractivity contribution < 1.29 is 14.6 Å². The standard InChI is InChI=1S/C9H10ClFO2/c1-5(4-12)8-6(10)2-3-7(11)9(8)13/h2-3,5,12-13H,4H2,1H3. The van der Waals surface area contributed by atoms with Crippen LogP contribution in [0.3, 0.4) is 0 Å². The van der Waals surface area contributed by atoms with E-state index in [9.17, 15) is 9.50 Å². The topological polar surface area (TPSA) is 40.5 Å². The number of phenolic OH excluding ortho intramolecular Hbond substituents is 1. The summed E-state index contributed by atoms with van der Waals surface area (Å²) in [5.41, 5.74) is 0.254. The minimum absolute atomic E-state index is 0.184. The molecule has 1 aromatic carbocycles. The number of hydrogen-bond donors (Lipinski definition) is 2. The van der Waals surface area contributed by atoms with Crippen molar-refractivity contribution in [1.29, 1.82) is 0 Å². The smallest absolute Gasteiger partial charge is 0.165 e. The van der Waals surface area contributed by atoms with E-state index in [0.29, 0.717) is 0 Å². The molecule has 0 spiro atoms. The van der Waals surface area contributed by atoms with Crippen LogP contribution < -0.4 is 0 Å². The van der Waals surface area contributed by atoms with Gasteiger partial charge in [-0.25, -0.2) is 4.39 Å². The second kappa shape index (κ2) is 3.94. The summed E-state index contributed by atoms with van der Waals surface area (Å²) in [6.07, 6.45) is 0. The first-order valence-electron chi connectivity index (χ1n) is 3.85. The highest BCUT2D eigenvalue weighted by Crippen LogP contribution is 2.34. The van der Waals surface area contributed by atoms with Gasteiger partial charge in [-0.2, -0.15) is 0 Å². The van der Waals surface area contributed by atoms with Crippen molar-refractivity contribution in [3.05, 3.63) is 28.5 Å². The SMILES string of the molecule is CC(CO)c1c(Cl)ccc(F)c1O. The van der Waals surface area contributed by atoms with Gasteiger partial charge in [-0.15, -0.1) is 0 Å². The van der Waals surface area contributed by atoms with Gasteiger partial charge in [0.15, 0.2) is 11.6 Å². The Morgan fingerprint density at radius 1 is 1.54 bits per heavy atom. The lowest BCUT2D eigenvalue weighted by Crippen LogP contribution is -2.01. The summed E-state index contributed by atoms with van der Waals surface area (Å²) < 4.78 is 12.9. The van der Waals surface area contributed by atoms with Crippen molar-refractivity contribution >= 4 is 11.6 Å². The molecule has 0 saturated carbocycles. The van der Waals surface area contributed by atoms with Gasteiger partial charge in [-0.1, -0.05) is 18.5 Å². The third-order valence-corrected chi connectivity index (χ3v) is 2.21. The Morgan fingerprint density at radius 2 is 2.15 bits per heavy atom. The minimum Gasteiger partial charge on any atom is -0.505 e. The first-order valence-corrected chi connectivity index (χ1v) is 4.23. The monoisotopic (exact) mass is 204 g/mol. The number of aromatic hydroxyl groups is 1. The van der Waals surface area contributed by atoms with Gasteiger partial charge >= 0.3 is 0 Å². The van der Waals surface area contributed by atoms with Crippen molar-refractivity contribution in [3.63, 3.8) is 0 Å². The van der Waals surface area contributed by atoms with Gasteiger partial charge in [0.05, 0.1) is 0 Å². The van der Waals surface area contributed by atoms with Gasteiger partial charge < -0.3 is 10.2 Å². The average Bonchev–Trinajstić information content (AvgIpc) is 2.12. The molecule has 0 aliphatic heterocycles. The fraction of sp³-hybridized carbons (Fsp3) is 0.333. The van der Waals surface area contributed by atoms with Gasteiger partial charge in [0.1, 0.15) is 0 Å². The van der Waals surface area contributed by atoms with Crippen molar-refractivity contribution in [2.45, 2.75) is 12.8 Å². The second-order valence-electron chi connectivity index (χ2n) is 2.88. The van der Waals surface area contributed by atoms with Crippen LogP contribution in [0, 0.1) is 5.82 Å². The molecule has 1 rings (SSSR count). The Labute approximate surface area is 80.6 Å². The van der Waals surface area contributed by atoms with Crippen molar-refractivity contribution in [2.75, 3.05) is 6.61 Å². The molecule has 1 aromatic rings. The molecule has 0 aliphatic rings. The largest absolute Gasteiger partial charge is 0.505 e. The maximum absolute atomic E-state index is 12.9. The number of benzene rings is 1. The molecular formula is C9H10ClFO2. The molecule has 0 heterocycles. The number of aliphatic hydroxyl groups is 1. The normalized spacial score (nSPS) is 12.9. The predicted octanol–water partition coefficient (Wildman–Crippen LogP) is 2.28. The van der Waals surface area contributed by atoms with E-state index < -0.39 is 11.6 Å². The van der Waals surface area contributed by atoms with Crippen LogP contribution in [-0.4, -0.2) is 16.8 Å². The highest BCUT2D eigenvalue weighted by Gasteiger charge is 2.16. The number of phenols is 1. The summed E-state index contributed by atoms with van der Waals surface area (Å²) in [5.74, 6) is -1.57. The highest BCUT2D eigenvalue weighted by molar-refractivity contribution is 6.31. The number of hydrogen-bond acceptors (Lipinski definition) is 2. The van der Waals surface area contributed by atoms with E-state index in [1.54, 1.807) is 6.92 Å². The lowest BCUT2D eigenvalue weighted by atomic mass is 10.0. The zero-order valence-electron chi connectivity index (χ0n) is 7.09. The Balaban J connectivity index is 3.25. The first-order chi connectivity index (χ1) is 6.07. The summed E-state index contributed by atoms with van der Waals surface area (Å²) in [6.45, 7) is 1.47. The van der Waals surface area contributed by atoms with Gasteiger partial charge in [-0.3, -0.25) is 0 Å². The summed E-state index contributed by atoms with van der Waals surface area (Å²) in [7, 11) is 0. The van der Waals surface area contributed by atoms with E-state index in [1.807, 2.05) is 0 Å². The molecule has 72 valence electrons. The van der Waals surface area contributed by atoms with Crippen LogP contribution in [0.2, 0.25) is 5.02 Å². The molecule has 2 N–H and O–H groups in total. The molecule has 1 atom stereocenters. The van der Waals surface area contributed by atoms with Gasteiger partial charge in [0, 0.05) is 23.1 Å². The van der Waals surface area contributed by atoms with Crippen LogP contribution in [0.5, 0.6) is 5.75 Å². The molecule has 0 aliphatic carbocycles. The lowest BCUT2D eigenvalue weighted by molar-refractivity contribution is 0.269. The molecule has 0 aromatic heterocycles. The third-order valence-electron chi connectivity index (χ3n) is 1.88. The molecule has 0 saturated heterocycles. The zero-order valence-corrected chi connectivity index (χ0v) is 7.85. The quantitative estimate of drug-likeness (QED) is 0.776. The van der Waals surface area contributed by atoms with E-state index in [4.69, 9.17) is 16.7 Å². The van der Waals surface area contributed by atoms with E-state index in [2.05, 4.69) is 0 Å². The Hall–Kier alpha value is -0.800. The molecule has 0 fully saturated rings. The van der Waals surface area contributed by atoms with Crippen molar-refractivity contribution in [2.24, 2.45) is 0 Å². The number of halogens is 2. The molecule has 0 bridgehead atoms. The fourth-order valence-electron chi connectivity index (χ4n) is 1.12. The lowest BCUT2D eigenvalue weighted by Gasteiger charge is -2.12. The number of aliphatic hydroxyl groups excluding tert-OH is 1. The van der Waals surface area contributed by atoms with Crippen LogP contribution in [0.4, 0.5) is 4.39 Å². The van der Waals surface area contributed by atoms with E-state index in [0.717, 1.165) is 6.07 Å². The maximum atomic E-state index is 12.9. The summed E-state index contributed by atoms with van der Waals surface area (Å²) in [4.78, 5) is 0. The van der Waals surface area contributed by atoms with E-state index in [-0.39, 0.29) is 23.1 Å². The molecule has 1 unspecified atom stereocenters. The van der Waals surface area contributed by atoms with Crippen LogP contribution in [-0.2, 0) is 0 Å². The molecule has 0 amide bonds. The Morgan fingerprint density at radius 3 is 2.69 bits per heavy atom. The zero-order chi connectivity index (χ0) is 10.0. The molecule has 4 heteroatoms. The minimum atomic E-state index is -0.722. The van der Waals surface area contributed by atoms with E-state index >= 15 is 0 Å². The van der Waals surface area contributed by atoms with Crippen molar-refractivity contribution in [3.8, 4) is 5.75 Å². The fourth-order valence-corrected chi connectivity index (χ4v) is 1.46. The Kier molecular flexibility index (Phi) is 3.12. The summed E-state index contributed by atoms with van der Waals surface area (Å²) in [5, 5.41) is 18.4. The van der Waals surface area contributed by atoms with Crippen LogP contribution in [0.25, 0.3) is 0 Å². The van der Waals surface area contributed by atoms with Crippen LogP contribution >= 0.6 is 11.6 Å². The van der Waals surface area contributed by atoms with Gasteiger partial charge in [0.2, 0.25) is 0 Å². The molecule has 13 heavy (non-hydrogen) atoms. The molecule has 2 nitrogen and oxygen atoms in total. The molecular weight excluding hydrogens is 195 g/mol. The van der Waals surface area contributed by atoms with Crippen LogP contribution in [0.1, 0.15) is 18.4 Å². The predicted molar refractivity (Wildman–Crippen MR) is 48.6 cm³/mol. The first kappa shape index (κ1) is 10.3. The summed E-state index contributed by atoms with van der Waals surface area (Å²) >= 11 is 5.74. The highest BCUT2D eigenvalue weighted by atomic mass is 35.5. The maximum Gasteiger partial charge on any atom is 0.165 e. The molecule has 0 radical (unpaired) electrons. The van der Waals surface area contributed by atoms with Crippen LogP contribution in [0.15, 0.2) is 12.1 Å². The third kappa shape index (κ3) is 1.92. The number of rotatable bonds is 2. The Bertz CT molecular complexity index is 315.